The van der Waals surface area contributed by atoms with Crippen molar-refractivity contribution in [2.45, 2.75) is 19.3 Å². The van der Waals surface area contributed by atoms with Crippen LogP contribution in [0, 0.1) is 5.92 Å². The Bertz CT molecular complexity index is 356. The zero-order valence-corrected chi connectivity index (χ0v) is 9.44. The molecule has 0 saturated heterocycles. The van der Waals surface area contributed by atoms with E-state index in [0.717, 1.165) is 24.3 Å². The number of benzene rings is 1. The molecule has 1 unspecified atom stereocenters. The van der Waals surface area contributed by atoms with Gasteiger partial charge >= 0.3 is 0 Å². The van der Waals surface area contributed by atoms with E-state index in [1.807, 2.05) is 24.3 Å². The van der Waals surface area contributed by atoms with Crippen molar-refractivity contribution in [3.8, 4) is 11.5 Å². The first-order valence-electron chi connectivity index (χ1n) is 5.56. The van der Waals surface area contributed by atoms with Gasteiger partial charge in [0.25, 0.3) is 0 Å². The first kappa shape index (κ1) is 11.0. The highest BCUT2D eigenvalue weighted by Gasteiger charge is 2.22. The summed E-state index contributed by atoms with van der Waals surface area (Å²) in [5.74, 6) is 2.42. The van der Waals surface area contributed by atoms with Gasteiger partial charge in [-0.25, -0.2) is 0 Å². The molecule has 0 spiro atoms. The van der Waals surface area contributed by atoms with E-state index in [-0.39, 0.29) is 0 Å². The number of rotatable bonds is 4. The van der Waals surface area contributed by atoms with Gasteiger partial charge in [-0.1, -0.05) is 0 Å². The van der Waals surface area contributed by atoms with Crippen LogP contribution >= 0.6 is 0 Å². The molecule has 1 aliphatic carbocycles. The average molecular weight is 220 g/mol. The number of ketones is 1. The molecule has 1 atom stereocenters. The minimum absolute atomic E-state index is 0.364. The lowest BCUT2D eigenvalue weighted by molar-refractivity contribution is -0.117. The lowest BCUT2D eigenvalue weighted by atomic mass is 10.1. The van der Waals surface area contributed by atoms with Gasteiger partial charge in [-0.3, -0.25) is 4.79 Å². The molecule has 0 radical (unpaired) electrons. The fourth-order valence-electron chi connectivity index (χ4n) is 1.92. The summed E-state index contributed by atoms with van der Waals surface area (Å²) in [6, 6.07) is 7.51. The summed E-state index contributed by atoms with van der Waals surface area (Å²) < 4.78 is 10.7. The summed E-state index contributed by atoms with van der Waals surface area (Å²) in [7, 11) is 1.64. The molecular formula is C13H16O3. The summed E-state index contributed by atoms with van der Waals surface area (Å²) in [5, 5.41) is 0. The Balaban J connectivity index is 1.82. The SMILES string of the molecule is COc1ccc(OCC2CCC(=O)C2)cc1. The Morgan fingerprint density at radius 2 is 1.94 bits per heavy atom. The van der Waals surface area contributed by atoms with Crippen molar-refractivity contribution >= 4 is 5.78 Å². The molecule has 16 heavy (non-hydrogen) atoms. The van der Waals surface area contributed by atoms with E-state index in [0.29, 0.717) is 24.7 Å². The molecule has 0 amide bonds. The second-order valence-electron chi connectivity index (χ2n) is 4.13. The molecule has 0 heterocycles. The Morgan fingerprint density at radius 3 is 2.50 bits per heavy atom. The number of methoxy groups -OCH3 is 1. The quantitative estimate of drug-likeness (QED) is 0.781. The normalized spacial score (nSPS) is 19.8. The monoisotopic (exact) mass is 220 g/mol. The maximum atomic E-state index is 11.1. The van der Waals surface area contributed by atoms with Gasteiger partial charge in [0.1, 0.15) is 17.3 Å². The number of hydrogen-bond acceptors (Lipinski definition) is 3. The van der Waals surface area contributed by atoms with E-state index in [1.54, 1.807) is 7.11 Å². The largest absolute Gasteiger partial charge is 0.497 e. The highest BCUT2D eigenvalue weighted by molar-refractivity contribution is 5.80. The molecule has 0 aliphatic heterocycles. The van der Waals surface area contributed by atoms with Crippen LogP contribution in [0.5, 0.6) is 11.5 Å². The smallest absolute Gasteiger partial charge is 0.133 e. The minimum atomic E-state index is 0.364. The Labute approximate surface area is 95.4 Å². The predicted octanol–water partition coefficient (Wildman–Crippen LogP) is 2.44. The van der Waals surface area contributed by atoms with Crippen molar-refractivity contribution in [3.63, 3.8) is 0 Å². The minimum Gasteiger partial charge on any atom is -0.497 e. The zero-order valence-electron chi connectivity index (χ0n) is 9.44. The van der Waals surface area contributed by atoms with E-state index >= 15 is 0 Å². The lowest BCUT2D eigenvalue weighted by Crippen LogP contribution is -2.08. The average Bonchev–Trinajstić information content (AvgIpc) is 2.73. The molecule has 1 aliphatic rings. The van der Waals surface area contributed by atoms with Crippen LogP contribution in [-0.2, 0) is 4.79 Å². The number of carbonyl (C=O) groups excluding carboxylic acids is 1. The van der Waals surface area contributed by atoms with Gasteiger partial charge in [0.15, 0.2) is 0 Å². The molecule has 1 aromatic rings. The molecule has 3 heteroatoms. The van der Waals surface area contributed by atoms with E-state index in [4.69, 9.17) is 9.47 Å². The molecule has 1 aromatic carbocycles. The first-order chi connectivity index (χ1) is 7.78. The third kappa shape index (κ3) is 2.75. The lowest BCUT2D eigenvalue weighted by Gasteiger charge is -2.10. The molecule has 1 saturated carbocycles. The van der Waals surface area contributed by atoms with Gasteiger partial charge in [-0.15, -0.1) is 0 Å². The fourth-order valence-corrected chi connectivity index (χ4v) is 1.92. The van der Waals surface area contributed by atoms with Crippen LogP contribution in [0.4, 0.5) is 0 Å². The molecule has 3 nitrogen and oxygen atoms in total. The van der Waals surface area contributed by atoms with Crippen molar-refractivity contribution in [2.75, 3.05) is 13.7 Å². The molecule has 0 aromatic heterocycles. The Morgan fingerprint density at radius 1 is 1.25 bits per heavy atom. The van der Waals surface area contributed by atoms with Crippen LogP contribution in [0.15, 0.2) is 24.3 Å². The van der Waals surface area contributed by atoms with Gasteiger partial charge in [0.05, 0.1) is 13.7 Å². The van der Waals surface area contributed by atoms with Gasteiger partial charge in [-0.05, 0) is 30.7 Å². The van der Waals surface area contributed by atoms with Crippen LogP contribution < -0.4 is 9.47 Å². The van der Waals surface area contributed by atoms with E-state index in [9.17, 15) is 4.79 Å². The molecule has 0 N–H and O–H groups in total. The van der Waals surface area contributed by atoms with E-state index in [2.05, 4.69) is 0 Å². The standard InChI is InChI=1S/C13H16O3/c1-15-12-4-6-13(7-5-12)16-9-10-2-3-11(14)8-10/h4-7,10H,2-3,8-9H2,1H3. The van der Waals surface area contributed by atoms with Gasteiger partial charge in [0, 0.05) is 18.8 Å². The summed E-state index contributed by atoms with van der Waals surface area (Å²) in [4.78, 5) is 11.1. The van der Waals surface area contributed by atoms with Crippen molar-refractivity contribution in [1.82, 2.24) is 0 Å². The third-order valence-corrected chi connectivity index (χ3v) is 2.89. The fraction of sp³-hybridized carbons (Fsp3) is 0.462. The van der Waals surface area contributed by atoms with Crippen molar-refractivity contribution in [1.29, 1.82) is 0 Å². The number of ether oxygens (including phenoxy) is 2. The highest BCUT2D eigenvalue weighted by atomic mass is 16.5. The number of hydrogen-bond donors (Lipinski definition) is 0. The summed E-state index contributed by atoms with van der Waals surface area (Å²) in [6.07, 6.45) is 2.36. The summed E-state index contributed by atoms with van der Waals surface area (Å²) >= 11 is 0. The van der Waals surface area contributed by atoms with E-state index in [1.165, 1.54) is 0 Å². The van der Waals surface area contributed by atoms with Gasteiger partial charge in [0.2, 0.25) is 0 Å². The summed E-state index contributed by atoms with van der Waals surface area (Å²) in [5.41, 5.74) is 0. The van der Waals surface area contributed by atoms with Crippen LogP contribution in [0.1, 0.15) is 19.3 Å². The number of Topliss-reactive ketones (excluding diaryl/α,β-unsaturated/α-hetero) is 1. The second kappa shape index (κ2) is 5.01. The molecular weight excluding hydrogens is 204 g/mol. The van der Waals surface area contributed by atoms with Crippen LogP contribution in [0.2, 0.25) is 0 Å². The second-order valence-corrected chi connectivity index (χ2v) is 4.13. The zero-order chi connectivity index (χ0) is 11.4. The van der Waals surface area contributed by atoms with Gasteiger partial charge < -0.3 is 9.47 Å². The predicted molar refractivity (Wildman–Crippen MR) is 60.8 cm³/mol. The molecule has 86 valence electrons. The third-order valence-electron chi connectivity index (χ3n) is 2.89. The first-order valence-corrected chi connectivity index (χ1v) is 5.56. The molecule has 1 fully saturated rings. The topological polar surface area (TPSA) is 35.5 Å². The van der Waals surface area contributed by atoms with Crippen LogP contribution in [0.3, 0.4) is 0 Å². The van der Waals surface area contributed by atoms with E-state index < -0.39 is 0 Å². The van der Waals surface area contributed by atoms with Crippen molar-refractivity contribution in [2.24, 2.45) is 5.92 Å². The molecule has 2 rings (SSSR count). The Kier molecular flexibility index (Phi) is 3.44. The highest BCUT2D eigenvalue weighted by Crippen LogP contribution is 2.24. The van der Waals surface area contributed by atoms with Gasteiger partial charge in [-0.2, -0.15) is 0 Å². The summed E-state index contributed by atoms with van der Waals surface area (Å²) in [6.45, 7) is 0.637. The van der Waals surface area contributed by atoms with Crippen molar-refractivity contribution in [3.05, 3.63) is 24.3 Å². The van der Waals surface area contributed by atoms with Crippen molar-refractivity contribution < 1.29 is 14.3 Å². The molecule has 0 bridgehead atoms. The number of carbonyl (C=O) groups is 1. The Hall–Kier alpha value is -1.51. The maximum absolute atomic E-state index is 11.1. The van der Waals surface area contributed by atoms with Crippen LogP contribution in [-0.4, -0.2) is 19.5 Å². The van der Waals surface area contributed by atoms with Crippen LogP contribution in [0.25, 0.3) is 0 Å². The maximum Gasteiger partial charge on any atom is 0.133 e.